The van der Waals surface area contributed by atoms with Crippen LogP contribution >= 0.6 is 11.8 Å². The highest BCUT2D eigenvalue weighted by molar-refractivity contribution is 8.00. The highest BCUT2D eigenvalue weighted by Gasteiger charge is 2.16. The molecule has 0 aliphatic carbocycles. The van der Waals surface area contributed by atoms with E-state index in [9.17, 15) is 9.59 Å². The standard InChI is InChI=1S/C22H28N2O3S/c1-5-27-19-12-7-6-11-18(19)24-21(26)15-28-17-10-8-9-16(13-17)23-20(25)14-22(2,3)4/h6-13H,5,14-15H2,1-4H3,(H,23,25)(H,24,26). The van der Waals surface area contributed by atoms with Crippen LogP contribution in [0.2, 0.25) is 0 Å². The lowest BCUT2D eigenvalue weighted by molar-refractivity contribution is -0.118. The van der Waals surface area contributed by atoms with Gasteiger partial charge in [-0.05, 0) is 42.7 Å². The van der Waals surface area contributed by atoms with Crippen molar-refractivity contribution in [3.05, 3.63) is 48.5 Å². The Morgan fingerprint density at radius 2 is 1.75 bits per heavy atom. The van der Waals surface area contributed by atoms with Crippen LogP contribution < -0.4 is 15.4 Å². The molecular formula is C22H28N2O3S. The van der Waals surface area contributed by atoms with Crippen LogP contribution in [0.15, 0.2) is 53.4 Å². The second-order valence-electron chi connectivity index (χ2n) is 7.58. The average molecular weight is 401 g/mol. The van der Waals surface area contributed by atoms with E-state index in [1.165, 1.54) is 11.8 Å². The molecule has 0 heterocycles. The van der Waals surface area contributed by atoms with E-state index in [2.05, 4.69) is 10.6 Å². The van der Waals surface area contributed by atoms with E-state index >= 15 is 0 Å². The van der Waals surface area contributed by atoms with E-state index in [0.717, 1.165) is 10.6 Å². The average Bonchev–Trinajstić information content (AvgIpc) is 2.60. The van der Waals surface area contributed by atoms with E-state index in [0.29, 0.717) is 24.5 Å². The Balaban J connectivity index is 1.91. The van der Waals surface area contributed by atoms with Crippen LogP contribution in [-0.2, 0) is 9.59 Å². The van der Waals surface area contributed by atoms with E-state index in [4.69, 9.17) is 4.74 Å². The van der Waals surface area contributed by atoms with Crippen molar-refractivity contribution in [2.24, 2.45) is 5.41 Å². The number of carbonyl (C=O) groups excluding carboxylic acids is 2. The minimum atomic E-state index is -0.112. The number of anilines is 2. The zero-order valence-electron chi connectivity index (χ0n) is 16.9. The predicted octanol–water partition coefficient (Wildman–Crippen LogP) is 5.19. The Hall–Kier alpha value is -2.47. The molecule has 2 N–H and O–H groups in total. The fourth-order valence-corrected chi connectivity index (χ4v) is 3.29. The normalized spacial score (nSPS) is 11.0. The molecule has 0 unspecified atom stereocenters. The van der Waals surface area contributed by atoms with Gasteiger partial charge >= 0.3 is 0 Å². The van der Waals surface area contributed by atoms with E-state index in [-0.39, 0.29) is 23.0 Å². The highest BCUT2D eigenvalue weighted by Crippen LogP contribution is 2.26. The maximum Gasteiger partial charge on any atom is 0.234 e. The minimum Gasteiger partial charge on any atom is -0.492 e. The quantitative estimate of drug-likeness (QED) is 0.598. The molecule has 0 saturated carbocycles. The molecule has 0 bridgehead atoms. The second-order valence-corrected chi connectivity index (χ2v) is 8.63. The van der Waals surface area contributed by atoms with Crippen LogP contribution in [-0.4, -0.2) is 24.2 Å². The van der Waals surface area contributed by atoms with Gasteiger partial charge in [0.05, 0.1) is 18.0 Å². The van der Waals surface area contributed by atoms with Crippen molar-refractivity contribution in [1.29, 1.82) is 0 Å². The molecule has 0 radical (unpaired) electrons. The summed E-state index contributed by atoms with van der Waals surface area (Å²) < 4.78 is 5.53. The van der Waals surface area contributed by atoms with Gasteiger partial charge in [-0.15, -0.1) is 11.8 Å². The molecule has 0 atom stereocenters. The molecule has 6 heteroatoms. The number of nitrogens with one attached hydrogen (secondary N) is 2. The third-order valence-corrected chi connectivity index (χ3v) is 4.63. The summed E-state index contributed by atoms with van der Waals surface area (Å²) >= 11 is 1.42. The minimum absolute atomic E-state index is 0.0140. The fraction of sp³-hybridized carbons (Fsp3) is 0.364. The van der Waals surface area contributed by atoms with Crippen molar-refractivity contribution in [3.63, 3.8) is 0 Å². The molecule has 2 rings (SSSR count). The monoisotopic (exact) mass is 400 g/mol. The van der Waals surface area contributed by atoms with Crippen LogP contribution in [0.1, 0.15) is 34.1 Å². The van der Waals surface area contributed by atoms with Gasteiger partial charge in [0, 0.05) is 17.0 Å². The van der Waals surface area contributed by atoms with Gasteiger partial charge in [-0.25, -0.2) is 0 Å². The van der Waals surface area contributed by atoms with Gasteiger partial charge in [-0.3, -0.25) is 9.59 Å². The molecule has 0 fully saturated rings. The fourth-order valence-electron chi connectivity index (χ4n) is 2.54. The van der Waals surface area contributed by atoms with E-state index < -0.39 is 0 Å². The number of para-hydroxylation sites is 2. The van der Waals surface area contributed by atoms with Gasteiger partial charge in [0.25, 0.3) is 0 Å². The summed E-state index contributed by atoms with van der Waals surface area (Å²) in [5.74, 6) is 0.797. The molecule has 0 aliphatic rings. The van der Waals surface area contributed by atoms with Crippen molar-refractivity contribution in [2.45, 2.75) is 39.0 Å². The van der Waals surface area contributed by atoms with Crippen LogP contribution in [0.25, 0.3) is 0 Å². The lowest BCUT2D eigenvalue weighted by Gasteiger charge is -2.17. The lowest BCUT2D eigenvalue weighted by Crippen LogP contribution is -2.19. The largest absolute Gasteiger partial charge is 0.492 e. The van der Waals surface area contributed by atoms with Crippen molar-refractivity contribution in [1.82, 2.24) is 0 Å². The van der Waals surface area contributed by atoms with E-state index in [1.54, 1.807) is 0 Å². The van der Waals surface area contributed by atoms with Crippen molar-refractivity contribution in [2.75, 3.05) is 23.0 Å². The summed E-state index contributed by atoms with van der Waals surface area (Å²) in [6.07, 6.45) is 0.450. The van der Waals surface area contributed by atoms with Gasteiger partial charge < -0.3 is 15.4 Å². The zero-order valence-corrected chi connectivity index (χ0v) is 17.7. The Morgan fingerprint density at radius 1 is 1.00 bits per heavy atom. The smallest absolute Gasteiger partial charge is 0.234 e. The number of hydrogen-bond acceptors (Lipinski definition) is 4. The zero-order chi connectivity index (χ0) is 20.6. The molecule has 150 valence electrons. The first-order chi connectivity index (χ1) is 13.3. The first-order valence-corrected chi connectivity index (χ1v) is 10.3. The van der Waals surface area contributed by atoms with Crippen LogP contribution in [0.4, 0.5) is 11.4 Å². The van der Waals surface area contributed by atoms with Crippen LogP contribution in [0.3, 0.4) is 0 Å². The molecule has 0 spiro atoms. The van der Waals surface area contributed by atoms with Crippen molar-refractivity contribution in [3.8, 4) is 5.75 Å². The molecule has 5 nitrogen and oxygen atoms in total. The summed E-state index contributed by atoms with van der Waals surface area (Å²) in [6, 6.07) is 14.9. The number of hydrogen-bond donors (Lipinski definition) is 2. The lowest BCUT2D eigenvalue weighted by atomic mass is 9.92. The first kappa shape index (κ1) is 21.8. The van der Waals surface area contributed by atoms with Gasteiger partial charge in [-0.2, -0.15) is 0 Å². The van der Waals surface area contributed by atoms with Gasteiger partial charge in [0.2, 0.25) is 11.8 Å². The molecule has 2 aromatic rings. The third-order valence-electron chi connectivity index (χ3n) is 3.64. The summed E-state index contributed by atoms with van der Waals surface area (Å²) in [5.41, 5.74) is 1.34. The first-order valence-electron chi connectivity index (χ1n) is 9.31. The highest BCUT2D eigenvalue weighted by atomic mass is 32.2. The number of amides is 2. The van der Waals surface area contributed by atoms with Crippen molar-refractivity contribution < 1.29 is 14.3 Å². The topological polar surface area (TPSA) is 67.4 Å². The summed E-state index contributed by atoms with van der Waals surface area (Å²) in [7, 11) is 0. The maximum atomic E-state index is 12.3. The maximum absolute atomic E-state index is 12.3. The van der Waals surface area contributed by atoms with Crippen LogP contribution in [0.5, 0.6) is 5.75 Å². The SMILES string of the molecule is CCOc1ccccc1NC(=O)CSc1cccc(NC(=O)CC(C)(C)C)c1. The number of ether oxygens (including phenoxy) is 1. The van der Waals surface area contributed by atoms with Gasteiger partial charge in [0.1, 0.15) is 5.75 Å². The van der Waals surface area contributed by atoms with Gasteiger partial charge in [0.15, 0.2) is 0 Å². The number of thioether (sulfide) groups is 1. The van der Waals surface area contributed by atoms with E-state index in [1.807, 2.05) is 76.2 Å². The third kappa shape index (κ3) is 7.64. The number of benzene rings is 2. The number of rotatable bonds is 8. The van der Waals surface area contributed by atoms with Gasteiger partial charge in [-0.1, -0.05) is 39.0 Å². The molecule has 2 amide bonds. The molecule has 2 aromatic carbocycles. The summed E-state index contributed by atoms with van der Waals surface area (Å²) in [4.78, 5) is 25.3. The number of carbonyl (C=O) groups is 2. The van der Waals surface area contributed by atoms with Crippen molar-refractivity contribution >= 4 is 35.0 Å². The molecular weight excluding hydrogens is 372 g/mol. The summed E-state index contributed by atoms with van der Waals surface area (Å²) in [6.45, 7) is 8.53. The Morgan fingerprint density at radius 3 is 2.46 bits per heavy atom. The Labute approximate surface area is 171 Å². The van der Waals surface area contributed by atoms with Crippen LogP contribution in [0, 0.1) is 5.41 Å². The molecule has 28 heavy (non-hydrogen) atoms. The Bertz CT molecular complexity index is 815. The summed E-state index contributed by atoms with van der Waals surface area (Å²) in [5, 5.41) is 5.80. The second kappa shape index (κ2) is 10.2. The molecule has 0 saturated heterocycles. The predicted molar refractivity (Wildman–Crippen MR) is 116 cm³/mol. The molecule has 0 aliphatic heterocycles. The Kier molecular flexibility index (Phi) is 7.93. The molecule has 0 aromatic heterocycles.